The number of aryl methyl sites for hydroxylation is 2. The van der Waals surface area contributed by atoms with E-state index in [2.05, 4.69) is 20.4 Å². The van der Waals surface area contributed by atoms with Crippen molar-refractivity contribution in [2.75, 3.05) is 5.32 Å². The van der Waals surface area contributed by atoms with E-state index < -0.39 is 0 Å². The van der Waals surface area contributed by atoms with Crippen LogP contribution in [0.15, 0.2) is 59.1 Å². The lowest BCUT2D eigenvalue weighted by molar-refractivity contribution is 0.102. The zero-order chi connectivity index (χ0) is 18.1. The van der Waals surface area contributed by atoms with Crippen molar-refractivity contribution in [3.8, 4) is 11.3 Å². The minimum Gasteiger partial charge on any atom is -0.335 e. The fraction of sp³-hybridized carbons (Fsp3) is 0.100. The van der Waals surface area contributed by atoms with Gasteiger partial charge in [0.15, 0.2) is 0 Å². The van der Waals surface area contributed by atoms with Crippen molar-refractivity contribution in [2.24, 2.45) is 0 Å². The summed E-state index contributed by atoms with van der Waals surface area (Å²) in [6, 6.07) is 16.9. The molecule has 1 amide bonds. The molecule has 0 aliphatic rings. The Morgan fingerprint density at radius 1 is 1.00 bits per heavy atom. The standard InChI is InChI=1S/C20H16N4O2/c1-12-7-6-10-17(21-12)23-19(25)15-11-16(14-8-4-3-5-9-14)22-20-18(15)13(2)24-26-20/h3-11H,1-2H3,(H,21,23,25). The molecule has 3 aromatic heterocycles. The molecule has 6 nitrogen and oxygen atoms in total. The summed E-state index contributed by atoms with van der Waals surface area (Å²) < 4.78 is 5.31. The Bertz CT molecular complexity index is 1100. The lowest BCUT2D eigenvalue weighted by atomic mass is 10.1. The molecule has 0 aliphatic carbocycles. The summed E-state index contributed by atoms with van der Waals surface area (Å²) in [6.07, 6.45) is 0. The first-order chi connectivity index (χ1) is 12.6. The number of hydrogen-bond acceptors (Lipinski definition) is 5. The molecular weight excluding hydrogens is 328 g/mol. The maximum atomic E-state index is 12.9. The highest BCUT2D eigenvalue weighted by atomic mass is 16.5. The van der Waals surface area contributed by atoms with Crippen LogP contribution in [0.25, 0.3) is 22.4 Å². The van der Waals surface area contributed by atoms with Crippen molar-refractivity contribution in [2.45, 2.75) is 13.8 Å². The van der Waals surface area contributed by atoms with Crippen molar-refractivity contribution in [1.82, 2.24) is 15.1 Å². The molecule has 0 saturated carbocycles. The number of benzene rings is 1. The Balaban J connectivity index is 1.82. The topological polar surface area (TPSA) is 80.9 Å². The summed E-state index contributed by atoms with van der Waals surface area (Å²) >= 11 is 0. The first kappa shape index (κ1) is 16.0. The number of aromatic nitrogens is 3. The Hall–Kier alpha value is -3.54. The second-order valence-electron chi connectivity index (χ2n) is 5.99. The van der Waals surface area contributed by atoms with E-state index in [-0.39, 0.29) is 5.91 Å². The van der Waals surface area contributed by atoms with Crippen LogP contribution in [0.2, 0.25) is 0 Å². The van der Waals surface area contributed by atoms with Gasteiger partial charge in [-0.3, -0.25) is 4.79 Å². The lowest BCUT2D eigenvalue weighted by Crippen LogP contribution is -2.14. The third kappa shape index (κ3) is 2.93. The summed E-state index contributed by atoms with van der Waals surface area (Å²) in [5.74, 6) is 0.217. The van der Waals surface area contributed by atoms with Gasteiger partial charge in [-0.05, 0) is 32.0 Å². The molecule has 26 heavy (non-hydrogen) atoms. The lowest BCUT2D eigenvalue weighted by Gasteiger charge is -2.08. The number of carbonyl (C=O) groups is 1. The molecule has 3 heterocycles. The fourth-order valence-electron chi connectivity index (χ4n) is 2.83. The van der Waals surface area contributed by atoms with Crippen LogP contribution in [0.3, 0.4) is 0 Å². The molecular formula is C20H16N4O2. The Kier molecular flexibility index (Phi) is 3.93. The van der Waals surface area contributed by atoms with E-state index in [1.54, 1.807) is 19.1 Å². The van der Waals surface area contributed by atoms with E-state index >= 15 is 0 Å². The molecule has 128 valence electrons. The van der Waals surface area contributed by atoms with Gasteiger partial charge in [0, 0.05) is 11.3 Å². The average Bonchev–Trinajstić information content (AvgIpc) is 3.03. The third-order valence-corrected chi connectivity index (χ3v) is 4.06. The number of nitrogens with zero attached hydrogens (tertiary/aromatic N) is 3. The van der Waals surface area contributed by atoms with E-state index in [1.807, 2.05) is 49.4 Å². The van der Waals surface area contributed by atoms with Crippen LogP contribution in [0.5, 0.6) is 0 Å². The first-order valence-corrected chi connectivity index (χ1v) is 8.19. The Morgan fingerprint density at radius 2 is 1.81 bits per heavy atom. The first-order valence-electron chi connectivity index (χ1n) is 8.19. The van der Waals surface area contributed by atoms with Gasteiger partial charge in [0.2, 0.25) is 0 Å². The van der Waals surface area contributed by atoms with Crippen molar-refractivity contribution in [3.05, 3.63) is 71.5 Å². The molecule has 0 radical (unpaired) electrons. The highest BCUT2D eigenvalue weighted by molar-refractivity contribution is 6.12. The molecule has 4 aromatic rings. The van der Waals surface area contributed by atoms with E-state index in [1.165, 1.54) is 0 Å². The van der Waals surface area contributed by atoms with Gasteiger partial charge in [-0.1, -0.05) is 41.6 Å². The maximum absolute atomic E-state index is 12.9. The largest absolute Gasteiger partial charge is 0.335 e. The van der Waals surface area contributed by atoms with Gasteiger partial charge in [0.1, 0.15) is 5.82 Å². The number of nitrogens with one attached hydrogen (secondary N) is 1. The van der Waals surface area contributed by atoms with E-state index in [4.69, 9.17) is 4.52 Å². The second-order valence-corrected chi connectivity index (χ2v) is 5.99. The number of carbonyl (C=O) groups excluding carboxylic acids is 1. The zero-order valence-corrected chi connectivity index (χ0v) is 14.4. The van der Waals surface area contributed by atoms with Gasteiger partial charge in [0.05, 0.1) is 22.3 Å². The molecule has 0 bridgehead atoms. The van der Waals surface area contributed by atoms with E-state index in [9.17, 15) is 4.79 Å². The molecule has 1 N–H and O–H groups in total. The van der Waals surface area contributed by atoms with Gasteiger partial charge < -0.3 is 9.84 Å². The highest BCUT2D eigenvalue weighted by Crippen LogP contribution is 2.27. The molecule has 6 heteroatoms. The van der Waals surface area contributed by atoms with Crippen LogP contribution in [0, 0.1) is 13.8 Å². The second kappa shape index (κ2) is 6.40. The van der Waals surface area contributed by atoms with Crippen LogP contribution in [-0.2, 0) is 0 Å². The Morgan fingerprint density at radius 3 is 2.58 bits per heavy atom. The summed E-state index contributed by atoms with van der Waals surface area (Å²) in [5, 5.41) is 7.41. The number of amides is 1. The van der Waals surface area contributed by atoms with Gasteiger partial charge in [0.25, 0.3) is 11.6 Å². The van der Waals surface area contributed by atoms with Crippen LogP contribution in [0.1, 0.15) is 21.7 Å². The smallest absolute Gasteiger partial charge is 0.259 e. The van der Waals surface area contributed by atoms with E-state index in [0.717, 1.165) is 11.3 Å². The summed E-state index contributed by atoms with van der Waals surface area (Å²) in [6.45, 7) is 3.66. The zero-order valence-electron chi connectivity index (χ0n) is 14.4. The summed E-state index contributed by atoms with van der Waals surface area (Å²) in [4.78, 5) is 21.8. The normalized spacial score (nSPS) is 10.8. The SMILES string of the molecule is Cc1cccc(NC(=O)c2cc(-c3ccccc3)nc3onc(C)c23)n1. The maximum Gasteiger partial charge on any atom is 0.259 e. The molecule has 1 aromatic carbocycles. The molecule has 0 atom stereocenters. The Labute approximate surface area is 149 Å². The quantitative estimate of drug-likeness (QED) is 0.604. The van der Waals surface area contributed by atoms with Crippen molar-refractivity contribution >= 4 is 22.8 Å². The van der Waals surface area contributed by atoms with Crippen LogP contribution in [-0.4, -0.2) is 21.0 Å². The van der Waals surface area contributed by atoms with Crippen LogP contribution < -0.4 is 5.32 Å². The van der Waals surface area contributed by atoms with Crippen molar-refractivity contribution in [1.29, 1.82) is 0 Å². The molecule has 0 saturated heterocycles. The van der Waals surface area contributed by atoms with Crippen molar-refractivity contribution < 1.29 is 9.32 Å². The van der Waals surface area contributed by atoms with Crippen LogP contribution in [0.4, 0.5) is 5.82 Å². The third-order valence-electron chi connectivity index (χ3n) is 4.06. The molecule has 4 rings (SSSR count). The summed E-state index contributed by atoms with van der Waals surface area (Å²) in [7, 11) is 0. The minimum atomic E-state index is -0.279. The van der Waals surface area contributed by atoms with E-state index in [0.29, 0.717) is 33.9 Å². The molecule has 0 aliphatic heterocycles. The number of anilines is 1. The summed E-state index contributed by atoms with van der Waals surface area (Å²) in [5.41, 5.74) is 3.79. The highest BCUT2D eigenvalue weighted by Gasteiger charge is 2.19. The predicted molar refractivity (Wildman–Crippen MR) is 98.9 cm³/mol. The van der Waals surface area contributed by atoms with Gasteiger partial charge >= 0.3 is 0 Å². The molecule has 0 fully saturated rings. The number of rotatable bonds is 3. The molecule has 0 unspecified atom stereocenters. The number of hydrogen-bond donors (Lipinski definition) is 1. The van der Waals surface area contributed by atoms with Crippen molar-refractivity contribution in [3.63, 3.8) is 0 Å². The fourth-order valence-corrected chi connectivity index (χ4v) is 2.83. The number of pyridine rings is 2. The van der Waals surface area contributed by atoms with Gasteiger partial charge in [-0.15, -0.1) is 0 Å². The average molecular weight is 344 g/mol. The molecule has 0 spiro atoms. The van der Waals surface area contributed by atoms with Crippen LogP contribution >= 0.6 is 0 Å². The predicted octanol–water partition coefficient (Wildman–Crippen LogP) is 4.15. The minimum absolute atomic E-state index is 0.279. The van der Waals surface area contributed by atoms with Gasteiger partial charge in [-0.25, -0.2) is 9.97 Å². The van der Waals surface area contributed by atoms with Gasteiger partial charge in [-0.2, -0.15) is 0 Å². The monoisotopic (exact) mass is 344 g/mol. The number of fused-ring (bicyclic) bond motifs is 1.